The van der Waals surface area contributed by atoms with Crippen molar-refractivity contribution in [1.82, 2.24) is 10.2 Å². The SMILES string of the molecule is Cc1oc(C)c(C(=O)NC2CCN(C(=O)C3CCCCC3)CC2)c1Br. The first-order valence-electron chi connectivity index (χ1n) is 9.32. The molecule has 0 spiro atoms. The van der Waals surface area contributed by atoms with Gasteiger partial charge < -0.3 is 14.6 Å². The summed E-state index contributed by atoms with van der Waals surface area (Å²) < 4.78 is 6.24. The normalized spacial score (nSPS) is 19.9. The number of carbonyl (C=O) groups excluding carboxylic acids is 2. The highest BCUT2D eigenvalue weighted by Gasteiger charge is 2.30. The standard InChI is InChI=1S/C19H27BrN2O3/c1-12-16(17(20)13(2)25-12)18(23)21-15-8-10-22(11-9-15)19(24)14-6-4-3-5-7-14/h14-15H,3-11H2,1-2H3,(H,21,23). The summed E-state index contributed by atoms with van der Waals surface area (Å²) in [5, 5.41) is 3.10. The van der Waals surface area contributed by atoms with Gasteiger partial charge in [0.25, 0.3) is 5.91 Å². The zero-order chi connectivity index (χ0) is 18.0. The van der Waals surface area contributed by atoms with E-state index < -0.39 is 0 Å². The summed E-state index contributed by atoms with van der Waals surface area (Å²) in [5.74, 6) is 1.81. The van der Waals surface area contributed by atoms with Crippen LogP contribution in [0.25, 0.3) is 0 Å². The van der Waals surface area contributed by atoms with Crippen molar-refractivity contribution < 1.29 is 14.0 Å². The first kappa shape index (κ1) is 18.5. The van der Waals surface area contributed by atoms with Crippen molar-refractivity contribution in [2.24, 2.45) is 5.92 Å². The molecule has 1 aliphatic heterocycles. The number of nitrogens with zero attached hydrogens (tertiary/aromatic N) is 1. The molecule has 2 heterocycles. The molecule has 6 heteroatoms. The molecule has 2 fully saturated rings. The van der Waals surface area contributed by atoms with Gasteiger partial charge in [-0.15, -0.1) is 0 Å². The number of furan rings is 1. The summed E-state index contributed by atoms with van der Waals surface area (Å²) in [6.07, 6.45) is 7.35. The van der Waals surface area contributed by atoms with Gasteiger partial charge in [0.2, 0.25) is 5.91 Å². The van der Waals surface area contributed by atoms with Crippen LogP contribution in [-0.4, -0.2) is 35.8 Å². The zero-order valence-electron chi connectivity index (χ0n) is 15.1. The number of nitrogens with one attached hydrogen (secondary N) is 1. The molecule has 0 bridgehead atoms. The fourth-order valence-electron chi connectivity index (χ4n) is 4.03. The third kappa shape index (κ3) is 4.10. The second-order valence-corrected chi connectivity index (χ2v) is 8.10. The lowest BCUT2D eigenvalue weighted by Gasteiger charge is -2.35. The molecule has 25 heavy (non-hydrogen) atoms. The molecule has 2 amide bonds. The van der Waals surface area contributed by atoms with Gasteiger partial charge in [-0.25, -0.2) is 0 Å². The highest BCUT2D eigenvalue weighted by atomic mass is 79.9. The minimum Gasteiger partial charge on any atom is -0.465 e. The second-order valence-electron chi connectivity index (χ2n) is 7.31. The molecule has 0 atom stereocenters. The van der Waals surface area contributed by atoms with Crippen LogP contribution in [0.15, 0.2) is 8.89 Å². The van der Waals surface area contributed by atoms with Crippen molar-refractivity contribution in [1.29, 1.82) is 0 Å². The lowest BCUT2D eigenvalue weighted by atomic mass is 9.87. The van der Waals surface area contributed by atoms with Crippen LogP contribution < -0.4 is 5.32 Å². The van der Waals surface area contributed by atoms with Crippen molar-refractivity contribution in [3.63, 3.8) is 0 Å². The van der Waals surface area contributed by atoms with Crippen LogP contribution in [0.2, 0.25) is 0 Å². The molecule has 3 rings (SSSR count). The van der Waals surface area contributed by atoms with Crippen LogP contribution in [-0.2, 0) is 4.79 Å². The van der Waals surface area contributed by atoms with Gasteiger partial charge in [-0.2, -0.15) is 0 Å². The summed E-state index contributed by atoms with van der Waals surface area (Å²) in [6, 6.07) is 0.115. The van der Waals surface area contributed by atoms with E-state index >= 15 is 0 Å². The smallest absolute Gasteiger partial charge is 0.256 e. The Balaban J connectivity index is 1.52. The van der Waals surface area contributed by atoms with Crippen molar-refractivity contribution in [3.05, 3.63) is 21.6 Å². The van der Waals surface area contributed by atoms with Gasteiger partial charge in [-0.3, -0.25) is 9.59 Å². The lowest BCUT2D eigenvalue weighted by Crippen LogP contribution is -2.48. The maximum Gasteiger partial charge on any atom is 0.256 e. The predicted molar refractivity (Wildman–Crippen MR) is 99.5 cm³/mol. The van der Waals surface area contributed by atoms with Crippen molar-refractivity contribution >= 4 is 27.7 Å². The van der Waals surface area contributed by atoms with Crippen LogP contribution >= 0.6 is 15.9 Å². The Morgan fingerprint density at radius 3 is 2.24 bits per heavy atom. The number of halogens is 1. The lowest BCUT2D eigenvalue weighted by molar-refractivity contribution is -0.137. The number of aryl methyl sites for hydroxylation is 2. The molecular weight excluding hydrogens is 384 g/mol. The Kier molecular flexibility index (Phi) is 5.87. The van der Waals surface area contributed by atoms with E-state index in [9.17, 15) is 9.59 Å². The van der Waals surface area contributed by atoms with E-state index in [-0.39, 0.29) is 17.9 Å². The average molecular weight is 411 g/mol. The quantitative estimate of drug-likeness (QED) is 0.819. The van der Waals surface area contributed by atoms with Gasteiger partial charge in [0.15, 0.2) is 0 Å². The molecule has 1 N–H and O–H groups in total. The molecule has 2 aliphatic rings. The topological polar surface area (TPSA) is 62.6 Å². The van der Waals surface area contributed by atoms with Crippen LogP contribution in [0.1, 0.15) is 66.8 Å². The van der Waals surface area contributed by atoms with Gasteiger partial charge in [0.05, 0.1) is 10.0 Å². The monoisotopic (exact) mass is 410 g/mol. The third-order valence-electron chi connectivity index (χ3n) is 5.51. The third-order valence-corrected chi connectivity index (χ3v) is 6.47. The Bertz CT molecular complexity index is 641. The van der Waals surface area contributed by atoms with Gasteiger partial charge in [0.1, 0.15) is 11.5 Å². The Hall–Kier alpha value is -1.30. The largest absolute Gasteiger partial charge is 0.465 e. The molecule has 0 aromatic carbocycles. The number of carbonyl (C=O) groups is 2. The molecule has 1 saturated heterocycles. The number of hydrogen-bond acceptors (Lipinski definition) is 3. The van der Waals surface area contributed by atoms with Crippen LogP contribution in [0, 0.1) is 19.8 Å². The van der Waals surface area contributed by atoms with Crippen molar-refractivity contribution in [3.8, 4) is 0 Å². The summed E-state index contributed by atoms with van der Waals surface area (Å²) in [5.41, 5.74) is 0.582. The number of rotatable bonds is 3. The second kappa shape index (κ2) is 7.94. The average Bonchev–Trinajstić information content (AvgIpc) is 2.88. The summed E-state index contributed by atoms with van der Waals surface area (Å²) >= 11 is 3.43. The van der Waals surface area contributed by atoms with Crippen LogP contribution in [0.4, 0.5) is 0 Å². The summed E-state index contributed by atoms with van der Waals surface area (Å²) in [4.78, 5) is 27.2. The van der Waals surface area contributed by atoms with Gasteiger partial charge in [-0.1, -0.05) is 19.3 Å². The fraction of sp³-hybridized carbons (Fsp3) is 0.684. The van der Waals surface area contributed by atoms with E-state index in [1.54, 1.807) is 6.92 Å². The van der Waals surface area contributed by atoms with Gasteiger partial charge in [-0.05, 0) is 55.5 Å². The number of likely N-dealkylation sites (tertiary alicyclic amines) is 1. The molecular formula is C19H27BrN2O3. The molecule has 5 nitrogen and oxygen atoms in total. The first-order valence-corrected chi connectivity index (χ1v) is 10.1. The molecule has 1 aromatic rings. The maximum absolute atomic E-state index is 12.6. The number of hydrogen-bond donors (Lipinski definition) is 1. The number of amides is 2. The molecule has 138 valence electrons. The van der Waals surface area contributed by atoms with E-state index in [0.717, 1.165) is 49.0 Å². The molecule has 0 unspecified atom stereocenters. The predicted octanol–water partition coefficient (Wildman–Crippen LogP) is 3.96. The molecule has 1 saturated carbocycles. The minimum atomic E-state index is -0.0988. The van der Waals surface area contributed by atoms with Crippen molar-refractivity contribution in [2.45, 2.75) is 64.8 Å². The van der Waals surface area contributed by atoms with E-state index in [2.05, 4.69) is 21.2 Å². The summed E-state index contributed by atoms with van der Waals surface area (Å²) in [7, 11) is 0. The summed E-state index contributed by atoms with van der Waals surface area (Å²) in [6.45, 7) is 5.12. The zero-order valence-corrected chi connectivity index (χ0v) is 16.7. The van der Waals surface area contributed by atoms with Crippen molar-refractivity contribution in [2.75, 3.05) is 13.1 Å². The first-order chi connectivity index (χ1) is 12.0. The molecule has 1 aromatic heterocycles. The van der Waals surface area contributed by atoms with Crippen LogP contribution in [0.5, 0.6) is 0 Å². The van der Waals surface area contributed by atoms with Gasteiger partial charge in [0, 0.05) is 25.0 Å². The fourth-order valence-corrected chi connectivity index (χ4v) is 4.57. The highest BCUT2D eigenvalue weighted by Crippen LogP contribution is 2.28. The number of piperidine rings is 1. The van der Waals surface area contributed by atoms with E-state index in [1.807, 2.05) is 11.8 Å². The van der Waals surface area contributed by atoms with E-state index in [0.29, 0.717) is 17.2 Å². The van der Waals surface area contributed by atoms with Crippen LogP contribution in [0.3, 0.4) is 0 Å². The highest BCUT2D eigenvalue weighted by molar-refractivity contribution is 9.10. The van der Waals surface area contributed by atoms with Gasteiger partial charge >= 0.3 is 0 Å². The Labute approximate surface area is 157 Å². The van der Waals surface area contributed by atoms with E-state index in [1.165, 1.54) is 19.3 Å². The minimum absolute atomic E-state index is 0.0988. The Morgan fingerprint density at radius 1 is 1.04 bits per heavy atom. The molecule has 1 aliphatic carbocycles. The molecule has 0 radical (unpaired) electrons. The Morgan fingerprint density at radius 2 is 1.68 bits per heavy atom. The van der Waals surface area contributed by atoms with E-state index in [4.69, 9.17) is 4.42 Å². The maximum atomic E-state index is 12.6.